The Hall–Kier alpha value is -0.820. The van der Waals surface area contributed by atoms with Crippen molar-refractivity contribution in [2.75, 3.05) is 26.3 Å². The van der Waals surface area contributed by atoms with Crippen LogP contribution >= 0.6 is 0 Å². The second-order valence-electron chi connectivity index (χ2n) is 4.38. The first-order valence-electron chi connectivity index (χ1n) is 5.65. The van der Waals surface area contributed by atoms with Gasteiger partial charge in [-0.3, -0.25) is 9.69 Å². The minimum absolute atomic E-state index is 0.172. The summed E-state index contributed by atoms with van der Waals surface area (Å²) in [6.45, 7) is 0.412. The van der Waals surface area contributed by atoms with Crippen molar-refractivity contribution < 1.29 is 22.7 Å². The molecule has 7 heteroatoms. The maximum atomic E-state index is 12.8. The van der Waals surface area contributed by atoms with E-state index in [0.29, 0.717) is 26.1 Å². The first-order chi connectivity index (χ1) is 7.98. The van der Waals surface area contributed by atoms with E-state index < -0.39 is 12.2 Å². The first-order valence-corrected chi connectivity index (χ1v) is 5.65. The molecule has 0 spiro atoms. The summed E-state index contributed by atoms with van der Waals surface area (Å²) in [6.07, 6.45) is -3.19. The van der Waals surface area contributed by atoms with Crippen molar-refractivity contribution >= 4 is 5.91 Å². The molecule has 0 aromatic carbocycles. The summed E-state index contributed by atoms with van der Waals surface area (Å²) in [5, 5.41) is 2.28. The van der Waals surface area contributed by atoms with Crippen LogP contribution in [0.3, 0.4) is 0 Å². The second kappa shape index (κ2) is 4.81. The Morgan fingerprint density at radius 3 is 2.53 bits per heavy atom. The van der Waals surface area contributed by atoms with Gasteiger partial charge >= 0.3 is 6.18 Å². The van der Waals surface area contributed by atoms with Gasteiger partial charge in [-0.15, -0.1) is 0 Å². The summed E-state index contributed by atoms with van der Waals surface area (Å²) in [7, 11) is 0. The highest BCUT2D eigenvalue weighted by atomic mass is 19.4. The number of amides is 1. The molecule has 17 heavy (non-hydrogen) atoms. The van der Waals surface area contributed by atoms with Gasteiger partial charge in [-0.25, -0.2) is 0 Å². The van der Waals surface area contributed by atoms with Crippen molar-refractivity contribution in [1.29, 1.82) is 0 Å². The molecule has 1 N–H and O–H groups in total. The van der Waals surface area contributed by atoms with Gasteiger partial charge in [-0.1, -0.05) is 0 Å². The summed E-state index contributed by atoms with van der Waals surface area (Å²) in [4.78, 5) is 12.5. The highest BCUT2D eigenvalue weighted by molar-refractivity contribution is 5.79. The number of nitrogens with one attached hydrogen (secondary N) is 1. The molecule has 2 aliphatic heterocycles. The number of nitrogens with zero attached hydrogens (tertiary/aromatic N) is 1. The van der Waals surface area contributed by atoms with E-state index in [1.165, 1.54) is 4.90 Å². The number of alkyl halides is 3. The zero-order chi connectivity index (χ0) is 12.5. The van der Waals surface area contributed by atoms with Gasteiger partial charge in [0, 0.05) is 25.8 Å². The van der Waals surface area contributed by atoms with Gasteiger partial charge in [-0.05, 0) is 12.8 Å². The van der Waals surface area contributed by atoms with E-state index in [1.807, 2.05) is 0 Å². The predicted molar refractivity (Wildman–Crippen MR) is 53.4 cm³/mol. The molecule has 98 valence electrons. The quantitative estimate of drug-likeness (QED) is 0.740. The summed E-state index contributed by atoms with van der Waals surface area (Å²) in [6, 6.07) is -1.77. The van der Waals surface area contributed by atoms with E-state index in [1.54, 1.807) is 0 Å². The van der Waals surface area contributed by atoms with Gasteiger partial charge < -0.3 is 10.1 Å². The molecular formula is C10H15F3N2O2. The van der Waals surface area contributed by atoms with Gasteiger partial charge in [-0.2, -0.15) is 13.2 Å². The molecule has 0 aromatic rings. The fraction of sp³-hybridized carbons (Fsp3) is 0.900. The zero-order valence-corrected chi connectivity index (χ0v) is 9.29. The number of hydrogen-bond donors (Lipinski definition) is 1. The third-order valence-corrected chi connectivity index (χ3v) is 3.26. The third kappa shape index (κ3) is 2.90. The van der Waals surface area contributed by atoms with Crippen LogP contribution in [0.15, 0.2) is 0 Å². The van der Waals surface area contributed by atoms with Crippen molar-refractivity contribution in [2.24, 2.45) is 0 Å². The van der Waals surface area contributed by atoms with Crippen molar-refractivity contribution in [3.8, 4) is 0 Å². The molecule has 0 aliphatic carbocycles. The third-order valence-electron chi connectivity index (χ3n) is 3.26. The second-order valence-corrected chi connectivity index (χ2v) is 4.38. The standard InChI is InChI=1S/C10H15F3N2O2/c11-10(12,13)8-5-14-9(16)6-15(8)7-1-3-17-4-2-7/h7-8H,1-6H2,(H,14,16). The molecule has 2 aliphatic rings. The molecule has 0 bridgehead atoms. The molecule has 2 fully saturated rings. The zero-order valence-electron chi connectivity index (χ0n) is 9.29. The van der Waals surface area contributed by atoms with Gasteiger partial charge in [0.2, 0.25) is 5.91 Å². The number of carbonyl (C=O) groups excluding carboxylic acids is 1. The van der Waals surface area contributed by atoms with Gasteiger partial charge in [0.05, 0.1) is 6.54 Å². The molecule has 2 heterocycles. The Bertz CT molecular complexity index is 290. The monoisotopic (exact) mass is 252 g/mol. The fourth-order valence-electron chi connectivity index (χ4n) is 2.36. The van der Waals surface area contributed by atoms with Crippen LogP contribution in [0, 0.1) is 0 Å². The smallest absolute Gasteiger partial charge is 0.381 e. The highest BCUT2D eigenvalue weighted by Crippen LogP contribution is 2.29. The SMILES string of the molecule is O=C1CN(C2CCOCC2)C(C(F)(F)F)CN1. The average Bonchev–Trinajstić information content (AvgIpc) is 2.28. The predicted octanol–water partition coefficient (Wildman–Crippen LogP) is 0.528. The molecular weight excluding hydrogens is 237 g/mol. The van der Waals surface area contributed by atoms with Crippen LogP contribution < -0.4 is 5.32 Å². The summed E-state index contributed by atoms with van der Waals surface area (Å²) in [5.41, 5.74) is 0. The van der Waals surface area contributed by atoms with Crippen LogP contribution in [0.25, 0.3) is 0 Å². The lowest BCUT2D eigenvalue weighted by atomic mass is 10.0. The Morgan fingerprint density at radius 1 is 1.29 bits per heavy atom. The number of ether oxygens (including phenoxy) is 1. The molecule has 0 radical (unpaired) electrons. The Morgan fingerprint density at radius 2 is 1.94 bits per heavy atom. The average molecular weight is 252 g/mol. The van der Waals surface area contributed by atoms with Crippen molar-refractivity contribution in [1.82, 2.24) is 10.2 Å². The van der Waals surface area contributed by atoms with E-state index in [4.69, 9.17) is 4.74 Å². The maximum absolute atomic E-state index is 12.8. The first kappa shape index (κ1) is 12.6. The number of carbonyl (C=O) groups is 1. The summed E-state index contributed by atoms with van der Waals surface area (Å²) < 4.78 is 43.7. The van der Waals surface area contributed by atoms with E-state index >= 15 is 0 Å². The molecule has 4 nitrogen and oxygen atoms in total. The fourth-order valence-corrected chi connectivity index (χ4v) is 2.36. The number of rotatable bonds is 1. The molecule has 1 amide bonds. The number of piperazine rings is 1. The van der Waals surface area contributed by atoms with E-state index in [9.17, 15) is 18.0 Å². The van der Waals surface area contributed by atoms with Crippen LogP contribution in [-0.4, -0.2) is 55.4 Å². The van der Waals surface area contributed by atoms with Crippen LogP contribution in [0.5, 0.6) is 0 Å². The number of hydrogen-bond acceptors (Lipinski definition) is 3. The van der Waals surface area contributed by atoms with Gasteiger partial charge in [0.25, 0.3) is 0 Å². The molecule has 2 rings (SSSR count). The Balaban J connectivity index is 2.10. The van der Waals surface area contributed by atoms with Gasteiger partial charge in [0.1, 0.15) is 6.04 Å². The molecule has 1 unspecified atom stereocenters. The molecule has 0 saturated carbocycles. The maximum Gasteiger partial charge on any atom is 0.405 e. The minimum atomic E-state index is -4.30. The summed E-state index contributed by atoms with van der Waals surface area (Å²) >= 11 is 0. The Labute approximate surface area is 97.1 Å². The molecule has 1 atom stereocenters. The largest absolute Gasteiger partial charge is 0.405 e. The van der Waals surface area contributed by atoms with E-state index in [-0.39, 0.29) is 25.0 Å². The highest BCUT2D eigenvalue weighted by Gasteiger charge is 2.48. The van der Waals surface area contributed by atoms with E-state index in [2.05, 4.69) is 5.32 Å². The van der Waals surface area contributed by atoms with Gasteiger partial charge in [0.15, 0.2) is 0 Å². The lowest BCUT2D eigenvalue weighted by Crippen LogP contribution is -2.63. The van der Waals surface area contributed by atoms with Crippen molar-refractivity contribution in [2.45, 2.75) is 31.1 Å². The minimum Gasteiger partial charge on any atom is -0.381 e. The number of halogens is 3. The lowest BCUT2D eigenvalue weighted by molar-refractivity contribution is -0.198. The normalized spacial score (nSPS) is 29.1. The Kier molecular flexibility index (Phi) is 3.58. The topological polar surface area (TPSA) is 41.6 Å². The molecule has 2 saturated heterocycles. The van der Waals surface area contributed by atoms with E-state index in [0.717, 1.165) is 0 Å². The summed E-state index contributed by atoms with van der Waals surface area (Å²) in [5.74, 6) is -0.336. The van der Waals surface area contributed by atoms with Crippen LogP contribution in [0.1, 0.15) is 12.8 Å². The lowest BCUT2D eigenvalue weighted by Gasteiger charge is -2.42. The van der Waals surface area contributed by atoms with Crippen LogP contribution in [0.2, 0.25) is 0 Å². The van der Waals surface area contributed by atoms with Crippen LogP contribution in [-0.2, 0) is 9.53 Å². The van der Waals surface area contributed by atoms with Crippen molar-refractivity contribution in [3.63, 3.8) is 0 Å². The molecule has 0 aromatic heterocycles. The van der Waals surface area contributed by atoms with Crippen LogP contribution in [0.4, 0.5) is 13.2 Å². The van der Waals surface area contributed by atoms with Crippen molar-refractivity contribution in [3.05, 3.63) is 0 Å².